The van der Waals surface area contributed by atoms with Crippen LogP contribution in [0.2, 0.25) is 0 Å². The molecule has 0 saturated heterocycles. The second-order valence-corrected chi connectivity index (χ2v) is 4.65. The highest BCUT2D eigenvalue weighted by Gasteiger charge is 2.16. The zero-order chi connectivity index (χ0) is 11.8. The highest BCUT2D eigenvalue weighted by molar-refractivity contribution is 5.88. The molecule has 0 atom stereocenters. The van der Waals surface area contributed by atoms with Crippen LogP contribution in [0, 0.1) is 20.3 Å². The van der Waals surface area contributed by atoms with E-state index in [2.05, 4.69) is 68.8 Å². The van der Waals surface area contributed by atoms with E-state index in [0.29, 0.717) is 0 Å². The van der Waals surface area contributed by atoms with Crippen LogP contribution < -0.4 is 0 Å². The molecule has 1 aliphatic carbocycles. The first-order chi connectivity index (χ1) is 8.25. The monoisotopic (exact) mass is 219 g/mol. The molecule has 0 N–H and O–H groups in total. The standard InChI is InChI=1S/C17H15/c1-12-7-9-15(13(2)11-12)17-10-8-14-5-3-4-6-16(14)17/h3-11H,1-2H3. The maximum Gasteiger partial charge on any atom is 0.0138 e. The maximum atomic E-state index is 2.25. The van der Waals surface area contributed by atoms with E-state index in [1.165, 1.54) is 33.4 Å². The first kappa shape index (κ1) is 10.3. The minimum Gasteiger partial charge on any atom is -0.0676 e. The average Bonchev–Trinajstić information content (AvgIpc) is 2.73. The minimum absolute atomic E-state index is 1.32. The Kier molecular flexibility index (Phi) is 2.36. The van der Waals surface area contributed by atoms with Gasteiger partial charge in [-0.25, -0.2) is 0 Å². The number of aryl methyl sites for hydroxylation is 2. The molecule has 0 saturated carbocycles. The Morgan fingerprint density at radius 2 is 1.65 bits per heavy atom. The average molecular weight is 219 g/mol. The minimum atomic E-state index is 1.32. The molecule has 0 bridgehead atoms. The van der Waals surface area contributed by atoms with Crippen LogP contribution in [-0.2, 0) is 0 Å². The molecule has 0 spiro atoms. The van der Waals surface area contributed by atoms with Gasteiger partial charge >= 0.3 is 0 Å². The van der Waals surface area contributed by atoms with E-state index in [9.17, 15) is 0 Å². The number of rotatable bonds is 1. The molecule has 83 valence electrons. The number of hydrogen-bond donors (Lipinski definition) is 0. The van der Waals surface area contributed by atoms with E-state index in [1.807, 2.05) is 0 Å². The van der Waals surface area contributed by atoms with Gasteiger partial charge in [-0.15, -0.1) is 0 Å². The van der Waals surface area contributed by atoms with Gasteiger partial charge in [0.05, 0.1) is 0 Å². The Morgan fingerprint density at radius 3 is 2.47 bits per heavy atom. The summed E-state index contributed by atoms with van der Waals surface area (Å²) < 4.78 is 0. The van der Waals surface area contributed by atoms with Gasteiger partial charge in [0.1, 0.15) is 0 Å². The van der Waals surface area contributed by atoms with E-state index in [0.717, 1.165) is 0 Å². The van der Waals surface area contributed by atoms with Gasteiger partial charge in [0.2, 0.25) is 0 Å². The summed E-state index contributed by atoms with van der Waals surface area (Å²) in [6.45, 7) is 4.32. The van der Waals surface area contributed by atoms with E-state index in [1.54, 1.807) is 0 Å². The molecule has 2 aromatic rings. The quantitative estimate of drug-likeness (QED) is 0.670. The Balaban J connectivity index is 2.13. The van der Waals surface area contributed by atoms with E-state index >= 15 is 0 Å². The van der Waals surface area contributed by atoms with Crippen molar-refractivity contribution in [2.45, 2.75) is 13.8 Å². The molecule has 1 radical (unpaired) electrons. The molecule has 0 fully saturated rings. The van der Waals surface area contributed by atoms with Crippen LogP contribution in [0.15, 0.2) is 48.5 Å². The normalized spacial score (nSPS) is 13.4. The smallest absolute Gasteiger partial charge is 0.0138 e. The topological polar surface area (TPSA) is 0 Å². The summed E-state index contributed by atoms with van der Waals surface area (Å²) in [5.41, 5.74) is 8.03. The fraction of sp³-hybridized carbons (Fsp3) is 0.118. The van der Waals surface area contributed by atoms with Crippen LogP contribution in [0.3, 0.4) is 0 Å². The fourth-order valence-electron chi connectivity index (χ4n) is 2.50. The van der Waals surface area contributed by atoms with Gasteiger partial charge in [0, 0.05) is 6.42 Å². The molecule has 0 nitrogen and oxygen atoms in total. The van der Waals surface area contributed by atoms with Gasteiger partial charge in [-0.1, -0.05) is 54.1 Å². The summed E-state index contributed by atoms with van der Waals surface area (Å²) in [7, 11) is 0. The first-order valence-corrected chi connectivity index (χ1v) is 5.98. The van der Waals surface area contributed by atoms with E-state index in [-0.39, 0.29) is 0 Å². The SMILES string of the molecule is Cc1ccc(C2=C[CH]c3ccccc32)c(C)c1. The summed E-state index contributed by atoms with van der Waals surface area (Å²) in [5, 5.41) is 0. The van der Waals surface area contributed by atoms with Crippen LogP contribution in [0.5, 0.6) is 0 Å². The van der Waals surface area contributed by atoms with Gasteiger partial charge in [-0.3, -0.25) is 0 Å². The van der Waals surface area contributed by atoms with Crippen LogP contribution in [0.1, 0.15) is 27.8 Å². The largest absolute Gasteiger partial charge is 0.0676 e. The Hall–Kier alpha value is -1.82. The maximum absolute atomic E-state index is 2.25. The van der Waals surface area contributed by atoms with Gasteiger partial charge < -0.3 is 0 Å². The number of benzene rings is 2. The third-order valence-electron chi connectivity index (χ3n) is 3.35. The molecule has 0 heteroatoms. The number of allylic oxidation sites excluding steroid dienone is 1. The lowest BCUT2D eigenvalue weighted by atomic mass is 9.95. The van der Waals surface area contributed by atoms with Crippen molar-refractivity contribution in [1.82, 2.24) is 0 Å². The number of fused-ring (bicyclic) bond motifs is 1. The van der Waals surface area contributed by atoms with Crippen molar-refractivity contribution < 1.29 is 0 Å². The summed E-state index contributed by atoms with van der Waals surface area (Å²) in [4.78, 5) is 0. The number of hydrogen-bond acceptors (Lipinski definition) is 0. The molecular weight excluding hydrogens is 204 g/mol. The second kappa shape index (κ2) is 3.89. The molecule has 0 heterocycles. The van der Waals surface area contributed by atoms with E-state index < -0.39 is 0 Å². The lowest BCUT2D eigenvalue weighted by Gasteiger charge is -2.10. The molecule has 0 aromatic heterocycles. The van der Waals surface area contributed by atoms with Crippen molar-refractivity contribution in [3.05, 3.63) is 82.8 Å². The Bertz CT molecular complexity index is 603. The molecule has 0 unspecified atom stereocenters. The summed E-state index contributed by atoms with van der Waals surface area (Å²) in [6, 6.07) is 15.2. The molecule has 1 aliphatic rings. The van der Waals surface area contributed by atoms with Crippen LogP contribution in [0.4, 0.5) is 0 Å². The van der Waals surface area contributed by atoms with Crippen molar-refractivity contribution in [3.63, 3.8) is 0 Å². The van der Waals surface area contributed by atoms with Gasteiger partial charge in [0.15, 0.2) is 0 Å². The van der Waals surface area contributed by atoms with Crippen molar-refractivity contribution in [2.24, 2.45) is 0 Å². The summed E-state index contributed by atoms with van der Waals surface area (Å²) >= 11 is 0. The van der Waals surface area contributed by atoms with Crippen molar-refractivity contribution >= 4 is 5.57 Å². The van der Waals surface area contributed by atoms with Crippen molar-refractivity contribution in [1.29, 1.82) is 0 Å². The van der Waals surface area contributed by atoms with E-state index in [4.69, 9.17) is 0 Å². The predicted octanol–water partition coefficient (Wildman–Crippen LogP) is 4.30. The molecule has 3 rings (SSSR count). The van der Waals surface area contributed by atoms with Gasteiger partial charge in [-0.2, -0.15) is 0 Å². The lowest BCUT2D eigenvalue weighted by Crippen LogP contribution is -1.90. The predicted molar refractivity (Wildman–Crippen MR) is 72.8 cm³/mol. The third-order valence-corrected chi connectivity index (χ3v) is 3.35. The zero-order valence-corrected chi connectivity index (χ0v) is 10.2. The molecule has 0 aliphatic heterocycles. The van der Waals surface area contributed by atoms with Crippen LogP contribution >= 0.6 is 0 Å². The first-order valence-electron chi connectivity index (χ1n) is 5.98. The summed E-state index contributed by atoms with van der Waals surface area (Å²) in [6.07, 6.45) is 4.42. The molecule has 2 aromatic carbocycles. The second-order valence-electron chi connectivity index (χ2n) is 4.65. The highest BCUT2D eigenvalue weighted by Crippen LogP contribution is 2.35. The Morgan fingerprint density at radius 1 is 0.824 bits per heavy atom. The van der Waals surface area contributed by atoms with Crippen LogP contribution in [-0.4, -0.2) is 0 Å². The lowest BCUT2D eigenvalue weighted by molar-refractivity contribution is 1.35. The molecular formula is C17H15. The highest BCUT2D eigenvalue weighted by atomic mass is 14.2. The van der Waals surface area contributed by atoms with Gasteiger partial charge in [-0.05, 0) is 41.7 Å². The Labute approximate surface area is 103 Å². The van der Waals surface area contributed by atoms with Crippen molar-refractivity contribution in [3.8, 4) is 0 Å². The fourth-order valence-corrected chi connectivity index (χ4v) is 2.50. The molecule has 0 amide bonds. The molecule has 17 heavy (non-hydrogen) atoms. The summed E-state index contributed by atoms with van der Waals surface area (Å²) in [5.74, 6) is 0. The van der Waals surface area contributed by atoms with Crippen molar-refractivity contribution in [2.75, 3.05) is 0 Å². The zero-order valence-electron chi connectivity index (χ0n) is 10.2. The van der Waals surface area contributed by atoms with Gasteiger partial charge in [0.25, 0.3) is 0 Å². The van der Waals surface area contributed by atoms with Crippen LogP contribution in [0.25, 0.3) is 5.57 Å². The third kappa shape index (κ3) is 1.70.